The minimum Gasteiger partial charge on any atom is -0.339 e. The van der Waals surface area contributed by atoms with Crippen molar-refractivity contribution in [2.45, 2.75) is 30.2 Å². The summed E-state index contributed by atoms with van der Waals surface area (Å²) in [6.45, 7) is 3.95. The van der Waals surface area contributed by atoms with Gasteiger partial charge < -0.3 is 16.0 Å². The SMILES string of the molecule is Cc1ccc(CC(=O)NC(NC(=S)Nc2cccc(C)c2)C(Cl)(Cl)Cl)cc1. The fourth-order valence-electron chi connectivity index (χ4n) is 2.32. The van der Waals surface area contributed by atoms with E-state index in [-0.39, 0.29) is 17.4 Å². The Morgan fingerprint density at radius 2 is 1.70 bits per heavy atom. The van der Waals surface area contributed by atoms with E-state index in [9.17, 15) is 4.79 Å². The van der Waals surface area contributed by atoms with Gasteiger partial charge in [-0.2, -0.15) is 0 Å². The fourth-order valence-corrected chi connectivity index (χ4v) is 2.89. The van der Waals surface area contributed by atoms with Crippen molar-refractivity contribution in [3.63, 3.8) is 0 Å². The first kappa shape index (κ1) is 21.8. The zero-order valence-electron chi connectivity index (χ0n) is 14.9. The summed E-state index contributed by atoms with van der Waals surface area (Å²) < 4.78 is -1.79. The maximum Gasteiger partial charge on any atom is 0.228 e. The van der Waals surface area contributed by atoms with Gasteiger partial charge in [-0.3, -0.25) is 4.79 Å². The molecule has 0 aliphatic rings. The number of carbonyl (C=O) groups excluding carboxylic acids is 1. The molecule has 0 spiro atoms. The molecule has 27 heavy (non-hydrogen) atoms. The topological polar surface area (TPSA) is 53.2 Å². The van der Waals surface area contributed by atoms with Crippen molar-refractivity contribution in [2.24, 2.45) is 0 Å². The lowest BCUT2D eigenvalue weighted by Gasteiger charge is -2.28. The van der Waals surface area contributed by atoms with Crippen molar-refractivity contribution in [1.29, 1.82) is 0 Å². The van der Waals surface area contributed by atoms with Crippen LogP contribution in [0.25, 0.3) is 0 Å². The number of amides is 1. The number of anilines is 1. The van der Waals surface area contributed by atoms with Crippen molar-refractivity contribution in [2.75, 3.05) is 5.32 Å². The molecule has 3 N–H and O–H groups in total. The predicted molar refractivity (Wildman–Crippen MR) is 118 cm³/mol. The van der Waals surface area contributed by atoms with E-state index < -0.39 is 9.96 Å². The largest absolute Gasteiger partial charge is 0.339 e. The van der Waals surface area contributed by atoms with Crippen molar-refractivity contribution in [3.05, 3.63) is 65.2 Å². The summed E-state index contributed by atoms with van der Waals surface area (Å²) in [4.78, 5) is 12.3. The van der Waals surface area contributed by atoms with Gasteiger partial charge in [0.05, 0.1) is 6.42 Å². The zero-order valence-corrected chi connectivity index (χ0v) is 17.9. The zero-order chi connectivity index (χ0) is 20.0. The van der Waals surface area contributed by atoms with E-state index in [0.717, 1.165) is 22.4 Å². The second-order valence-corrected chi connectivity index (χ2v) is 8.95. The lowest BCUT2D eigenvalue weighted by molar-refractivity contribution is -0.121. The monoisotopic (exact) mass is 443 g/mol. The number of hydrogen-bond acceptors (Lipinski definition) is 2. The Labute approximate surface area is 179 Å². The Hall–Kier alpha value is -1.53. The Morgan fingerprint density at radius 3 is 2.30 bits per heavy atom. The lowest BCUT2D eigenvalue weighted by Crippen LogP contribution is -2.56. The second kappa shape index (κ2) is 9.60. The second-order valence-electron chi connectivity index (χ2n) is 6.17. The first-order valence-corrected chi connectivity index (χ1v) is 9.73. The van der Waals surface area contributed by atoms with E-state index in [2.05, 4.69) is 16.0 Å². The Balaban J connectivity index is 1.98. The minimum absolute atomic E-state index is 0.164. The Morgan fingerprint density at radius 1 is 1.04 bits per heavy atom. The van der Waals surface area contributed by atoms with Crippen LogP contribution >= 0.6 is 47.0 Å². The van der Waals surface area contributed by atoms with Gasteiger partial charge in [0.15, 0.2) is 5.11 Å². The lowest BCUT2D eigenvalue weighted by atomic mass is 10.1. The van der Waals surface area contributed by atoms with Crippen molar-refractivity contribution < 1.29 is 4.79 Å². The highest BCUT2D eigenvalue weighted by Crippen LogP contribution is 2.29. The number of rotatable bonds is 5. The molecule has 0 aliphatic heterocycles. The molecule has 2 aromatic carbocycles. The van der Waals surface area contributed by atoms with Gasteiger partial charge in [0, 0.05) is 5.69 Å². The van der Waals surface area contributed by atoms with Crippen LogP contribution in [0.1, 0.15) is 16.7 Å². The van der Waals surface area contributed by atoms with E-state index in [4.69, 9.17) is 47.0 Å². The van der Waals surface area contributed by atoms with Crippen molar-refractivity contribution in [3.8, 4) is 0 Å². The molecule has 0 heterocycles. The molecule has 0 bridgehead atoms. The summed E-state index contributed by atoms with van der Waals surface area (Å²) in [5.74, 6) is -0.291. The molecule has 1 amide bonds. The maximum atomic E-state index is 12.3. The van der Waals surface area contributed by atoms with Crippen LogP contribution in [0.2, 0.25) is 0 Å². The van der Waals surface area contributed by atoms with Crippen LogP contribution in [0.15, 0.2) is 48.5 Å². The van der Waals surface area contributed by atoms with Crippen LogP contribution in [0.4, 0.5) is 5.69 Å². The molecule has 0 fully saturated rings. The van der Waals surface area contributed by atoms with Gasteiger partial charge in [-0.25, -0.2) is 0 Å². The average Bonchev–Trinajstić information content (AvgIpc) is 2.55. The molecule has 2 aromatic rings. The van der Waals surface area contributed by atoms with Gasteiger partial charge in [-0.1, -0.05) is 76.8 Å². The summed E-state index contributed by atoms with van der Waals surface area (Å²) in [6, 6.07) is 15.3. The van der Waals surface area contributed by atoms with Crippen LogP contribution in [0.3, 0.4) is 0 Å². The Bertz CT molecular complexity index is 807. The van der Waals surface area contributed by atoms with Crippen LogP contribution in [-0.4, -0.2) is 21.0 Å². The standard InChI is InChI=1S/C19H20Cl3N3OS/c1-12-6-8-14(9-7-12)11-16(26)24-17(19(20,21)22)25-18(27)23-15-5-3-4-13(2)10-15/h3-10,17H,11H2,1-2H3,(H,24,26)(H2,23,25,27). The molecular formula is C19H20Cl3N3OS. The van der Waals surface area contributed by atoms with Gasteiger partial charge in [0.2, 0.25) is 9.70 Å². The number of carbonyl (C=O) groups is 1. The van der Waals surface area contributed by atoms with E-state index in [1.54, 1.807) is 0 Å². The first-order valence-electron chi connectivity index (χ1n) is 8.19. The summed E-state index contributed by atoms with van der Waals surface area (Å²) in [5, 5.41) is 8.75. The molecule has 0 radical (unpaired) electrons. The Kier molecular flexibility index (Phi) is 7.74. The van der Waals surface area contributed by atoms with Gasteiger partial charge in [0.1, 0.15) is 6.17 Å². The highest BCUT2D eigenvalue weighted by Gasteiger charge is 2.34. The molecule has 144 valence electrons. The molecule has 8 heteroatoms. The van der Waals surface area contributed by atoms with Gasteiger partial charge in [-0.15, -0.1) is 0 Å². The molecule has 0 aliphatic carbocycles. The third kappa shape index (κ3) is 7.54. The van der Waals surface area contributed by atoms with E-state index >= 15 is 0 Å². The highest BCUT2D eigenvalue weighted by atomic mass is 35.6. The average molecular weight is 445 g/mol. The predicted octanol–water partition coefficient (Wildman–Crippen LogP) is 4.65. The van der Waals surface area contributed by atoms with E-state index in [1.807, 2.05) is 62.4 Å². The number of benzene rings is 2. The number of hydrogen-bond donors (Lipinski definition) is 3. The molecular weight excluding hydrogens is 425 g/mol. The fraction of sp³-hybridized carbons (Fsp3) is 0.263. The number of aryl methyl sites for hydroxylation is 2. The number of thiocarbonyl (C=S) groups is 1. The summed E-state index contributed by atoms with van der Waals surface area (Å²) in [7, 11) is 0. The summed E-state index contributed by atoms with van der Waals surface area (Å²) in [6.07, 6.45) is -0.831. The molecule has 4 nitrogen and oxygen atoms in total. The third-order valence-corrected chi connectivity index (χ3v) is 4.54. The van der Waals surface area contributed by atoms with Crippen molar-refractivity contribution >= 4 is 63.7 Å². The summed E-state index contributed by atoms with van der Waals surface area (Å²) >= 11 is 23.3. The van der Waals surface area contributed by atoms with Crippen LogP contribution in [-0.2, 0) is 11.2 Å². The first-order chi connectivity index (χ1) is 12.6. The molecule has 0 saturated carbocycles. The van der Waals surface area contributed by atoms with Crippen LogP contribution < -0.4 is 16.0 Å². The van der Waals surface area contributed by atoms with Gasteiger partial charge in [-0.05, 0) is 49.3 Å². The van der Waals surface area contributed by atoms with E-state index in [0.29, 0.717) is 0 Å². The molecule has 1 atom stereocenters. The molecule has 2 rings (SSSR count). The van der Waals surface area contributed by atoms with Crippen LogP contribution in [0.5, 0.6) is 0 Å². The smallest absolute Gasteiger partial charge is 0.228 e. The molecule has 0 saturated heterocycles. The van der Waals surface area contributed by atoms with Crippen molar-refractivity contribution in [1.82, 2.24) is 10.6 Å². The normalized spacial score (nSPS) is 12.2. The molecule has 0 aromatic heterocycles. The van der Waals surface area contributed by atoms with Gasteiger partial charge >= 0.3 is 0 Å². The number of halogens is 3. The molecule has 1 unspecified atom stereocenters. The van der Waals surface area contributed by atoms with Gasteiger partial charge in [0.25, 0.3) is 0 Å². The number of nitrogens with one attached hydrogen (secondary N) is 3. The highest BCUT2D eigenvalue weighted by molar-refractivity contribution is 7.80. The minimum atomic E-state index is -1.79. The van der Waals surface area contributed by atoms with Crippen LogP contribution in [0, 0.1) is 13.8 Å². The van der Waals surface area contributed by atoms with E-state index in [1.165, 1.54) is 0 Å². The number of alkyl halides is 3. The third-order valence-electron chi connectivity index (χ3n) is 3.67. The summed E-state index contributed by atoms with van der Waals surface area (Å²) in [5.41, 5.74) is 3.85. The maximum absolute atomic E-state index is 12.3. The quantitative estimate of drug-likeness (QED) is 0.357.